The lowest BCUT2D eigenvalue weighted by atomic mass is 10.1. The van der Waals surface area contributed by atoms with E-state index in [2.05, 4.69) is 4.90 Å². The zero-order chi connectivity index (χ0) is 15.6. The van der Waals surface area contributed by atoms with Crippen LogP contribution < -0.4 is 4.74 Å². The highest BCUT2D eigenvalue weighted by molar-refractivity contribution is 5.30. The Morgan fingerprint density at radius 1 is 1.14 bits per heavy atom. The van der Waals surface area contributed by atoms with Gasteiger partial charge >= 0.3 is 6.18 Å². The maximum atomic E-state index is 12.7. The largest absolute Gasteiger partial charge is 0.489 e. The average molecular weight is 315 g/mol. The molecule has 0 bridgehead atoms. The fourth-order valence-corrected chi connectivity index (χ4v) is 3.17. The summed E-state index contributed by atoms with van der Waals surface area (Å²) in [4.78, 5) is 2.38. The Labute approximate surface area is 128 Å². The second-order valence-corrected chi connectivity index (χ2v) is 5.89. The van der Waals surface area contributed by atoms with Gasteiger partial charge in [0.05, 0.1) is 5.56 Å². The van der Waals surface area contributed by atoms with Crippen LogP contribution in [0.5, 0.6) is 5.75 Å². The van der Waals surface area contributed by atoms with Crippen molar-refractivity contribution in [3.8, 4) is 5.75 Å². The second kappa shape index (κ2) is 6.46. The molecule has 0 unspecified atom stereocenters. The van der Waals surface area contributed by atoms with Gasteiger partial charge in [0.15, 0.2) is 0 Å². The first-order valence-corrected chi connectivity index (χ1v) is 7.68. The quantitative estimate of drug-likeness (QED) is 0.854. The van der Waals surface area contributed by atoms with E-state index in [1.807, 2.05) is 0 Å². The van der Waals surface area contributed by atoms with Crippen molar-refractivity contribution < 1.29 is 22.6 Å². The highest BCUT2D eigenvalue weighted by Gasteiger charge is 2.32. The standard InChI is InChI=1S/C16H20F3NO2/c17-16(18,19)12-2-1-3-14(10-12)22-15-4-7-20(11-15)13-5-8-21-9-6-13/h1-3,10,13,15H,4-9,11H2/t15-/m1/s1. The lowest BCUT2D eigenvalue weighted by Crippen LogP contribution is -2.38. The van der Waals surface area contributed by atoms with Crippen LogP contribution in [0.4, 0.5) is 13.2 Å². The molecule has 1 atom stereocenters. The minimum atomic E-state index is -4.33. The van der Waals surface area contributed by atoms with Crippen molar-refractivity contribution >= 4 is 0 Å². The normalized spacial score (nSPS) is 24.6. The Hall–Kier alpha value is -1.27. The van der Waals surface area contributed by atoms with Crippen molar-refractivity contribution in [3.05, 3.63) is 29.8 Å². The molecule has 0 saturated carbocycles. The molecule has 0 aliphatic carbocycles. The molecular formula is C16H20F3NO2. The maximum absolute atomic E-state index is 12.7. The molecule has 6 heteroatoms. The van der Waals surface area contributed by atoms with Gasteiger partial charge in [-0.3, -0.25) is 4.90 Å². The van der Waals surface area contributed by atoms with Crippen LogP contribution in [0, 0.1) is 0 Å². The van der Waals surface area contributed by atoms with Crippen molar-refractivity contribution in [3.63, 3.8) is 0 Å². The summed E-state index contributed by atoms with van der Waals surface area (Å²) in [7, 11) is 0. The molecule has 0 N–H and O–H groups in total. The molecule has 122 valence electrons. The Morgan fingerprint density at radius 3 is 2.64 bits per heavy atom. The van der Waals surface area contributed by atoms with Crippen molar-refractivity contribution in [1.82, 2.24) is 4.90 Å². The first kappa shape index (κ1) is 15.6. The number of hydrogen-bond donors (Lipinski definition) is 0. The monoisotopic (exact) mass is 315 g/mol. The lowest BCUT2D eigenvalue weighted by molar-refractivity contribution is -0.137. The van der Waals surface area contributed by atoms with Gasteiger partial charge in [0.25, 0.3) is 0 Å². The minimum Gasteiger partial charge on any atom is -0.489 e. The van der Waals surface area contributed by atoms with Gasteiger partial charge in [0.1, 0.15) is 11.9 Å². The van der Waals surface area contributed by atoms with E-state index in [-0.39, 0.29) is 6.10 Å². The summed E-state index contributed by atoms with van der Waals surface area (Å²) in [6, 6.07) is 5.65. The van der Waals surface area contributed by atoms with Gasteiger partial charge in [-0.2, -0.15) is 13.2 Å². The number of benzene rings is 1. The molecule has 0 radical (unpaired) electrons. The van der Waals surface area contributed by atoms with Gasteiger partial charge in [-0.1, -0.05) is 6.07 Å². The van der Waals surface area contributed by atoms with Crippen molar-refractivity contribution in [2.45, 2.75) is 37.6 Å². The van der Waals surface area contributed by atoms with Crippen LogP contribution >= 0.6 is 0 Å². The summed E-state index contributed by atoms with van der Waals surface area (Å²) >= 11 is 0. The SMILES string of the molecule is FC(F)(F)c1cccc(O[C@@H]2CCN(C3CCOCC3)C2)c1. The molecule has 2 heterocycles. The number of likely N-dealkylation sites (tertiary alicyclic amines) is 1. The summed E-state index contributed by atoms with van der Waals surface area (Å²) in [5.74, 6) is 0.300. The average Bonchev–Trinajstić information content (AvgIpc) is 2.96. The summed E-state index contributed by atoms with van der Waals surface area (Å²) in [6.45, 7) is 3.30. The van der Waals surface area contributed by atoms with Crippen LogP contribution in [0.3, 0.4) is 0 Å². The molecule has 3 nitrogen and oxygen atoms in total. The number of nitrogens with zero attached hydrogens (tertiary/aromatic N) is 1. The molecule has 2 aliphatic rings. The van der Waals surface area contributed by atoms with E-state index in [0.29, 0.717) is 11.8 Å². The van der Waals surface area contributed by atoms with Gasteiger partial charge < -0.3 is 9.47 Å². The molecule has 2 saturated heterocycles. The van der Waals surface area contributed by atoms with E-state index in [9.17, 15) is 13.2 Å². The summed E-state index contributed by atoms with van der Waals surface area (Å²) in [6.07, 6.45) is -1.46. The predicted molar refractivity (Wildman–Crippen MR) is 75.9 cm³/mol. The van der Waals surface area contributed by atoms with Gasteiger partial charge in [-0.05, 0) is 37.5 Å². The van der Waals surface area contributed by atoms with Crippen molar-refractivity contribution in [2.75, 3.05) is 26.3 Å². The Kier molecular flexibility index (Phi) is 4.59. The zero-order valence-electron chi connectivity index (χ0n) is 12.3. The van der Waals surface area contributed by atoms with Crippen molar-refractivity contribution in [2.24, 2.45) is 0 Å². The summed E-state index contributed by atoms with van der Waals surface area (Å²) in [5.41, 5.74) is -0.663. The maximum Gasteiger partial charge on any atom is 0.416 e. The molecule has 3 rings (SSSR count). The van der Waals surface area contributed by atoms with Crippen molar-refractivity contribution in [1.29, 1.82) is 0 Å². The predicted octanol–water partition coefficient (Wildman–Crippen LogP) is 3.34. The molecule has 0 amide bonds. The Balaban J connectivity index is 1.58. The van der Waals surface area contributed by atoms with Crippen LogP contribution in [0.2, 0.25) is 0 Å². The molecule has 22 heavy (non-hydrogen) atoms. The number of ether oxygens (including phenoxy) is 2. The van der Waals surface area contributed by atoms with E-state index in [4.69, 9.17) is 9.47 Å². The molecule has 1 aromatic carbocycles. The smallest absolute Gasteiger partial charge is 0.416 e. The van der Waals surface area contributed by atoms with Crippen LogP contribution in [0.1, 0.15) is 24.8 Å². The minimum absolute atomic E-state index is 0.0358. The lowest BCUT2D eigenvalue weighted by Gasteiger charge is -2.30. The highest BCUT2D eigenvalue weighted by atomic mass is 19.4. The van der Waals surface area contributed by atoms with Gasteiger partial charge in [-0.15, -0.1) is 0 Å². The summed E-state index contributed by atoms with van der Waals surface area (Å²) < 4.78 is 49.3. The van der Waals surface area contributed by atoms with E-state index < -0.39 is 11.7 Å². The molecule has 2 fully saturated rings. The second-order valence-electron chi connectivity index (χ2n) is 5.89. The first-order valence-electron chi connectivity index (χ1n) is 7.68. The van der Waals surface area contributed by atoms with Crippen LogP contribution in [-0.4, -0.2) is 43.3 Å². The molecule has 2 aliphatic heterocycles. The molecule has 0 aromatic heterocycles. The van der Waals surface area contributed by atoms with E-state index >= 15 is 0 Å². The van der Waals surface area contributed by atoms with Crippen LogP contribution in [0.25, 0.3) is 0 Å². The fraction of sp³-hybridized carbons (Fsp3) is 0.625. The third-order valence-electron chi connectivity index (χ3n) is 4.35. The number of alkyl halides is 3. The highest BCUT2D eigenvalue weighted by Crippen LogP contribution is 2.32. The molecular weight excluding hydrogens is 295 g/mol. The number of rotatable bonds is 3. The van der Waals surface area contributed by atoms with Gasteiger partial charge in [0.2, 0.25) is 0 Å². The van der Waals surface area contributed by atoms with E-state index in [0.717, 1.165) is 57.7 Å². The zero-order valence-corrected chi connectivity index (χ0v) is 12.3. The summed E-state index contributed by atoms with van der Waals surface area (Å²) in [5, 5.41) is 0. The first-order chi connectivity index (χ1) is 10.5. The fourth-order valence-electron chi connectivity index (χ4n) is 3.17. The topological polar surface area (TPSA) is 21.7 Å². The van der Waals surface area contributed by atoms with Crippen LogP contribution in [-0.2, 0) is 10.9 Å². The van der Waals surface area contributed by atoms with Gasteiger partial charge in [-0.25, -0.2) is 0 Å². The number of hydrogen-bond acceptors (Lipinski definition) is 3. The third kappa shape index (κ3) is 3.73. The third-order valence-corrected chi connectivity index (χ3v) is 4.35. The Morgan fingerprint density at radius 2 is 1.91 bits per heavy atom. The molecule has 0 spiro atoms. The molecule has 1 aromatic rings. The Bertz CT molecular complexity index is 500. The number of halogens is 3. The van der Waals surface area contributed by atoms with E-state index in [1.54, 1.807) is 6.07 Å². The van der Waals surface area contributed by atoms with Crippen LogP contribution in [0.15, 0.2) is 24.3 Å². The van der Waals surface area contributed by atoms with E-state index in [1.165, 1.54) is 6.07 Å². The van der Waals surface area contributed by atoms with Gasteiger partial charge in [0, 0.05) is 32.3 Å².